The molecule has 0 spiro atoms. The highest BCUT2D eigenvalue weighted by Gasteiger charge is 2.61. The third-order valence-corrected chi connectivity index (χ3v) is 7.51. The van der Waals surface area contributed by atoms with E-state index >= 15 is 0 Å². The zero-order chi connectivity index (χ0) is 21.0. The number of amides is 3. The molecule has 6 nitrogen and oxygen atoms in total. The fourth-order valence-electron chi connectivity index (χ4n) is 6.47. The lowest BCUT2D eigenvalue weighted by atomic mass is 9.43. The Bertz CT molecular complexity index is 864. The molecule has 4 saturated carbocycles. The predicted molar refractivity (Wildman–Crippen MR) is 108 cm³/mol. The predicted octanol–water partition coefficient (Wildman–Crippen LogP) is 3.27. The Kier molecular flexibility index (Phi) is 4.71. The first-order chi connectivity index (χ1) is 13.6. The smallest absolute Gasteiger partial charge is 0.318 e. The number of hydrogen-bond acceptors (Lipinski definition) is 4. The number of benzene rings is 1. The van der Waals surface area contributed by atoms with Crippen LogP contribution in [0.25, 0.3) is 0 Å². The monoisotopic (exact) mass is 398 g/mol. The fraction of sp³-hybridized carbons (Fsp3) is 0.609. The summed E-state index contributed by atoms with van der Waals surface area (Å²) < 4.78 is 5.56. The molecule has 5 rings (SSSR count). The van der Waals surface area contributed by atoms with Gasteiger partial charge in [0.05, 0.1) is 5.41 Å². The van der Waals surface area contributed by atoms with E-state index in [2.05, 4.69) is 32.0 Å². The topological polar surface area (TPSA) is 98.5 Å². The van der Waals surface area contributed by atoms with Gasteiger partial charge in [0.25, 0.3) is 5.91 Å². The molecule has 0 saturated heterocycles. The van der Waals surface area contributed by atoms with Gasteiger partial charge in [-0.3, -0.25) is 14.9 Å². The number of nitrogens with two attached hydrogens (primary N) is 1. The van der Waals surface area contributed by atoms with Crippen LogP contribution < -0.4 is 11.1 Å². The van der Waals surface area contributed by atoms with E-state index in [1.165, 1.54) is 30.0 Å². The Balaban J connectivity index is 1.59. The minimum Gasteiger partial charge on any atom is -0.452 e. The third kappa shape index (κ3) is 3.43. The van der Waals surface area contributed by atoms with Gasteiger partial charge >= 0.3 is 12.0 Å². The van der Waals surface area contributed by atoms with Crippen LogP contribution in [0.15, 0.2) is 18.2 Å². The fourth-order valence-corrected chi connectivity index (χ4v) is 6.47. The number of primary amides is 1. The van der Waals surface area contributed by atoms with Crippen molar-refractivity contribution in [3.63, 3.8) is 0 Å². The van der Waals surface area contributed by atoms with E-state index in [9.17, 15) is 14.4 Å². The first-order valence-electron chi connectivity index (χ1n) is 10.5. The molecule has 0 aliphatic heterocycles. The summed E-state index contributed by atoms with van der Waals surface area (Å²) >= 11 is 0. The van der Waals surface area contributed by atoms with Crippen molar-refractivity contribution in [2.75, 3.05) is 0 Å². The molecular formula is C23H30N2O4. The lowest BCUT2D eigenvalue weighted by Crippen LogP contribution is -2.57. The van der Waals surface area contributed by atoms with Crippen molar-refractivity contribution in [2.24, 2.45) is 23.0 Å². The van der Waals surface area contributed by atoms with Crippen molar-refractivity contribution in [3.8, 4) is 0 Å². The van der Waals surface area contributed by atoms with E-state index in [4.69, 9.17) is 10.5 Å². The number of aryl methyl sites for hydroxylation is 2. The number of carbonyl (C=O) groups excluding carboxylic acids is 3. The van der Waals surface area contributed by atoms with E-state index < -0.39 is 23.5 Å². The average molecular weight is 399 g/mol. The summed E-state index contributed by atoms with van der Waals surface area (Å²) in [7, 11) is 0. The summed E-state index contributed by atoms with van der Waals surface area (Å²) in [5, 5.41) is 1.99. The van der Waals surface area contributed by atoms with Gasteiger partial charge < -0.3 is 10.5 Å². The normalized spacial score (nSPS) is 33.2. The maximum absolute atomic E-state index is 13.3. The van der Waals surface area contributed by atoms with Gasteiger partial charge in [-0.2, -0.15) is 0 Å². The van der Waals surface area contributed by atoms with Crippen molar-refractivity contribution < 1.29 is 19.1 Å². The molecular weight excluding hydrogens is 368 g/mol. The van der Waals surface area contributed by atoms with Gasteiger partial charge in [-0.1, -0.05) is 18.2 Å². The molecule has 3 amide bonds. The number of rotatable bonds is 4. The molecule has 0 aromatic heterocycles. The third-order valence-electron chi connectivity index (χ3n) is 7.51. The van der Waals surface area contributed by atoms with Crippen molar-refractivity contribution in [2.45, 2.75) is 70.8 Å². The molecule has 4 aliphatic carbocycles. The molecule has 4 fully saturated rings. The van der Waals surface area contributed by atoms with Crippen LogP contribution in [0.1, 0.15) is 62.1 Å². The molecule has 6 heteroatoms. The average Bonchev–Trinajstić information content (AvgIpc) is 2.62. The Hall–Kier alpha value is -2.37. The van der Waals surface area contributed by atoms with Crippen LogP contribution in [-0.2, 0) is 19.7 Å². The molecule has 1 aromatic carbocycles. The summed E-state index contributed by atoms with van der Waals surface area (Å²) in [4.78, 5) is 36.2. The Morgan fingerprint density at radius 3 is 2.34 bits per heavy atom. The molecule has 29 heavy (non-hydrogen) atoms. The lowest BCUT2D eigenvalue weighted by Gasteiger charge is -2.61. The zero-order valence-corrected chi connectivity index (χ0v) is 17.4. The number of imide groups is 1. The highest BCUT2D eigenvalue weighted by Crippen LogP contribution is 2.66. The Morgan fingerprint density at radius 2 is 1.76 bits per heavy atom. The van der Waals surface area contributed by atoms with Gasteiger partial charge in [0, 0.05) is 0 Å². The second-order valence-corrected chi connectivity index (χ2v) is 9.72. The molecule has 4 aliphatic rings. The molecule has 3 atom stereocenters. The number of hydrogen-bond donors (Lipinski definition) is 2. The standard InChI is InChI=1S/C23H30N2O4/c1-13-4-5-18(6-14(13)2)22-8-16-7-17(9-22)11-23(10-16,12-22)20(27)29-15(3)19(26)25-21(24)28/h4-6,15-17H,7-12H2,1-3H3,(H3,24,25,26,28)/t15-,16+,17+,22?,23?/m0/s1. The molecule has 1 aromatic rings. The van der Waals surface area contributed by atoms with Gasteiger partial charge in [0.2, 0.25) is 0 Å². The quantitative estimate of drug-likeness (QED) is 0.761. The summed E-state index contributed by atoms with van der Waals surface area (Å²) in [6.45, 7) is 5.74. The van der Waals surface area contributed by atoms with Gasteiger partial charge in [-0.15, -0.1) is 0 Å². The number of ether oxygens (including phenoxy) is 1. The maximum atomic E-state index is 13.3. The van der Waals surface area contributed by atoms with Crippen LogP contribution in [0.2, 0.25) is 0 Å². The van der Waals surface area contributed by atoms with E-state index in [1.54, 1.807) is 0 Å². The number of nitrogens with one attached hydrogen (secondary N) is 1. The zero-order valence-electron chi connectivity index (χ0n) is 17.4. The summed E-state index contributed by atoms with van der Waals surface area (Å²) in [6, 6.07) is 5.77. The number of carbonyl (C=O) groups is 3. The summed E-state index contributed by atoms with van der Waals surface area (Å²) in [5.41, 5.74) is 8.38. The first-order valence-corrected chi connectivity index (χ1v) is 10.5. The SMILES string of the molecule is Cc1ccc(C23C[C@H]4C[C@@H](CC(C(=O)O[C@@H](C)C(=O)NC(N)=O)(C4)C2)C3)cc1C. The minimum absolute atomic E-state index is 0.0142. The van der Waals surface area contributed by atoms with E-state index in [0.29, 0.717) is 11.8 Å². The Labute approximate surface area is 171 Å². The first kappa shape index (κ1) is 19.9. The second-order valence-electron chi connectivity index (χ2n) is 9.72. The second kappa shape index (κ2) is 6.85. The van der Waals surface area contributed by atoms with Crippen LogP contribution in [0.3, 0.4) is 0 Å². The van der Waals surface area contributed by atoms with Crippen LogP contribution in [0.5, 0.6) is 0 Å². The Morgan fingerprint density at radius 1 is 1.10 bits per heavy atom. The maximum Gasteiger partial charge on any atom is 0.318 e. The number of esters is 1. The van der Waals surface area contributed by atoms with Crippen LogP contribution in [0, 0.1) is 31.1 Å². The molecule has 0 unspecified atom stereocenters. The van der Waals surface area contributed by atoms with Crippen molar-refractivity contribution in [3.05, 3.63) is 34.9 Å². The highest BCUT2D eigenvalue weighted by atomic mass is 16.5. The molecule has 0 radical (unpaired) electrons. The van der Waals surface area contributed by atoms with E-state index in [0.717, 1.165) is 32.1 Å². The molecule has 0 heterocycles. The van der Waals surface area contributed by atoms with Gasteiger partial charge in [0.1, 0.15) is 0 Å². The van der Waals surface area contributed by atoms with Gasteiger partial charge in [0.15, 0.2) is 6.10 Å². The van der Waals surface area contributed by atoms with Crippen molar-refractivity contribution in [1.82, 2.24) is 5.32 Å². The van der Waals surface area contributed by atoms with Gasteiger partial charge in [-0.25, -0.2) is 4.79 Å². The summed E-state index contributed by atoms with van der Waals surface area (Å²) in [5.74, 6) is 0.0479. The molecule has 3 N–H and O–H groups in total. The van der Waals surface area contributed by atoms with E-state index in [1.807, 2.05) is 5.32 Å². The molecule has 156 valence electrons. The van der Waals surface area contributed by atoms with Crippen molar-refractivity contribution in [1.29, 1.82) is 0 Å². The lowest BCUT2D eigenvalue weighted by molar-refractivity contribution is -0.180. The van der Waals surface area contributed by atoms with Gasteiger partial charge in [-0.05, 0) is 93.2 Å². The number of urea groups is 1. The van der Waals surface area contributed by atoms with Crippen molar-refractivity contribution >= 4 is 17.9 Å². The molecule has 4 bridgehead atoms. The van der Waals surface area contributed by atoms with Crippen LogP contribution >= 0.6 is 0 Å². The van der Waals surface area contributed by atoms with Crippen LogP contribution in [0.4, 0.5) is 4.79 Å². The van der Waals surface area contributed by atoms with E-state index in [-0.39, 0.29) is 11.4 Å². The minimum atomic E-state index is -1.04. The van der Waals surface area contributed by atoms with Crippen LogP contribution in [-0.4, -0.2) is 24.0 Å². The summed E-state index contributed by atoms with van der Waals surface area (Å²) in [6.07, 6.45) is 4.83. The highest BCUT2D eigenvalue weighted by molar-refractivity contribution is 5.96. The largest absolute Gasteiger partial charge is 0.452 e.